The highest BCUT2D eigenvalue weighted by atomic mass is 35.5. The maximum Gasteiger partial charge on any atom is 0.328 e. The third-order valence-corrected chi connectivity index (χ3v) is 7.44. The number of nitrogens with one attached hydrogen (secondary N) is 2. The molecule has 0 aliphatic rings. The van der Waals surface area contributed by atoms with Crippen molar-refractivity contribution in [3.05, 3.63) is 98.7 Å². The van der Waals surface area contributed by atoms with Gasteiger partial charge in [0.2, 0.25) is 0 Å². The number of pyridine rings is 1. The van der Waals surface area contributed by atoms with E-state index in [9.17, 15) is 14.9 Å². The number of methoxy groups -OCH3 is 1. The predicted octanol–water partition coefficient (Wildman–Crippen LogP) is 6.73. The van der Waals surface area contributed by atoms with Gasteiger partial charge >= 0.3 is 5.97 Å². The molecular weight excluding hydrogens is 559 g/mol. The van der Waals surface area contributed by atoms with Crippen molar-refractivity contribution in [1.82, 2.24) is 15.3 Å². The zero-order valence-corrected chi connectivity index (χ0v) is 22.7. The second-order valence-corrected chi connectivity index (χ2v) is 9.91. The summed E-state index contributed by atoms with van der Waals surface area (Å²) < 4.78 is 5.00. The molecule has 1 amide bonds. The van der Waals surface area contributed by atoms with Gasteiger partial charge in [0.25, 0.3) is 5.91 Å². The number of aromatic amines is 1. The number of esters is 1. The number of amides is 1. The SMILES string of the molecule is COC(=O)[C@H](Cc1ccc(-c2ccc(C#N)cc2Cl)c2ncccc12)NC(=O)c1c(Cl)cc2[nH]ccc2c1Cl. The molecule has 5 aromatic rings. The lowest BCUT2D eigenvalue weighted by atomic mass is 9.94. The molecule has 3 aromatic carbocycles. The predicted molar refractivity (Wildman–Crippen MR) is 152 cm³/mol. The Morgan fingerprint density at radius 3 is 2.59 bits per heavy atom. The molecule has 2 heterocycles. The number of fused-ring (bicyclic) bond motifs is 2. The van der Waals surface area contributed by atoms with Crippen LogP contribution in [0.25, 0.3) is 32.9 Å². The Hall–Kier alpha value is -4.09. The van der Waals surface area contributed by atoms with Crippen LogP contribution in [0.1, 0.15) is 21.5 Å². The number of benzene rings is 3. The number of hydrogen-bond donors (Lipinski definition) is 2. The van der Waals surface area contributed by atoms with Crippen molar-refractivity contribution in [2.75, 3.05) is 7.11 Å². The molecular formula is C29H19Cl3N4O3. The molecule has 1 atom stereocenters. The number of nitriles is 1. The van der Waals surface area contributed by atoms with Crippen LogP contribution in [0.4, 0.5) is 0 Å². The Morgan fingerprint density at radius 2 is 1.85 bits per heavy atom. The Morgan fingerprint density at radius 1 is 1.05 bits per heavy atom. The van der Waals surface area contributed by atoms with Crippen LogP contribution in [-0.2, 0) is 16.0 Å². The minimum absolute atomic E-state index is 0.0664. The van der Waals surface area contributed by atoms with Gasteiger partial charge in [0, 0.05) is 51.3 Å². The van der Waals surface area contributed by atoms with Crippen LogP contribution in [0.3, 0.4) is 0 Å². The van der Waals surface area contributed by atoms with E-state index in [1.54, 1.807) is 48.8 Å². The van der Waals surface area contributed by atoms with Crippen molar-refractivity contribution >= 4 is 68.5 Å². The summed E-state index contributed by atoms with van der Waals surface area (Å²) in [5.74, 6) is -1.23. The van der Waals surface area contributed by atoms with Crippen molar-refractivity contribution in [2.24, 2.45) is 0 Å². The van der Waals surface area contributed by atoms with E-state index in [0.29, 0.717) is 32.6 Å². The van der Waals surface area contributed by atoms with E-state index < -0.39 is 17.9 Å². The third kappa shape index (κ3) is 5.02. The maximum atomic E-state index is 13.3. The lowest BCUT2D eigenvalue weighted by molar-refractivity contribution is -0.142. The molecule has 2 aromatic heterocycles. The molecule has 2 N–H and O–H groups in total. The molecule has 5 rings (SSSR count). The smallest absolute Gasteiger partial charge is 0.328 e. The molecule has 39 heavy (non-hydrogen) atoms. The fraction of sp³-hybridized carbons (Fsp3) is 0.103. The van der Waals surface area contributed by atoms with Crippen LogP contribution in [0.2, 0.25) is 15.1 Å². The minimum Gasteiger partial charge on any atom is -0.467 e. The molecule has 7 nitrogen and oxygen atoms in total. The van der Waals surface area contributed by atoms with Gasteiger partial charge in [-0.2, -0.15) is 5.26 Å². The summed E-state index contributed by atoms with van der Waals surface area (Å²) in [7, 11) is 1.25. The average Bonchev–Trinajstić information content (AvgIpc) is 3.41. The zero-order chi connectivity index (χ0) is 27.7. The fourth-order valence-electron chi connectivity index (χ4n) is 4.56. The summed E-state index contributed by atoms with van der Waals surface area (Å²) in [5, 5.41) is 14.1. The number of rotatable bonds is 6. The van der Waals surface area contributed by atoms with Crippen LogP contribution in [0.5, 0.6) is 0 Å². The van der Waals surface area contributed by atoms with E-state index in [0.717, 1.165) is 16.5 Å². The summed E-state index contributed by atoms with van der Waals surface area (Å²) in [6.45, 7) is 0. The second kappa shape index (κ2) is 11.0. The van der Waals surface area contributed by atoms with E-state index in [4.69, 9.17) is 39.5 Å². The number of carbonyl (C=O) groups is 2. The first-order chi connectivity index (χ1) is 18.8. The lowest BCUT2D eigenvalue weighted by Gasteiger charge is -2.19. The highest BCUT2D eigenvalue weighted by molar-refractivity contribution is 6.43. The summed E-state index contributed by atoms with van der Waals surface area (Å²) >= 11 is 19.4. The summed E-state index contributed by atoms with van der Waals surface area (Å²) in [4.78, 5) is 33.7. The van der Waals surface area contributed by atoms with Gasteiger partial charge in [-0.25, -0.2) is 4.79 Å². The third-order valence-electron chi connectivity index (χ3n) is 6.44. The number of ether oxygens (including phenoxy) is 1. The first-order valence-corrected chi connectivity index (χ1v) is 12.9. The number of carbonyl (C=O) groups excluding carboxylic acids is 2. The van der Waals surface area contributed by atoms with Crippen LogP contribution >= 0.6 is 34.8 Å². The van der Waals surface area contributed by atoms with Crippen molar-refractivity contribution in [1.29, 1.82) is 5.26 Å². The standard InChI is InChI=1S/C29H19Cl3N4O3/c1-39-29(38)24(36-28(37)25-22(31)13-23-20(26(25)32)8-10-34-23)12-16-5-7-19(27-17(16)3-2-9-35-27)18-6-4-15(14-33)11-21(18)30/h2-11,13,24,34H,12H2,1H3,(H,36,37)/t24-/m0/s1. The Labute approximate surface area is 238 Å². The highest BCUT2D eigenvalue weighted by Crippen LogP contribution is 2.35. The van der Waals surface area contributed by atoms with E-state index in [-0.39, 0.29) is 22.0 Å². The highest BCUT2D eigenvalue weighted by Gasteiger charge is 2.27. The molecule has 0 fully saturated rings. The molecule has 0 aliphatic heterocycles. The number of halogens is 3. The molecule has 0 saturated carbocycles. The van der Waals surface area contributed by atoms with Gasteiger partial charge in [-0.3, -0.25) is 9.78 Å². The molecule has 0 saturated heterocycles. The Balaban J connectivity index is 1.51. The van der Waals surface area contributed by atoms with Crippen LogP contribution in [0.15, 0.2) is 67.0 Å². The van der Waals surface area contributed by atoms with Gasteiger partial charge in [0.05, 0.1) is 39.9 Å². The monoisotopic (exact) mass is 576 g/mol. The molecule has 0 unspecified atom stereocenters. The molecule has 0 spiro atoms. The van der Waals surface area contributed by atoms with Crippen LogP contribution in [-0.4, -0.2) is 35.0 Å². The Bertz CT molecular complexity index is 1810. The quantitative estimate of drug-likeness (QED) is 0.218. The Kier molecular flexibility index (Phi) is 7.45. The van der Waals surface area contributed by atoms with E-state index in [1.165, 1.54) is 7.11 Å². The van der Waals surface area contributed by atoms with Crippen molar-refractivity contribution in [3.63, 3.8) is 0 Å². The number of hydrogen-bond acceptors (Lipinski definition) is 5. The van der Waals surface area contributed by atoms with E-state index >= 15 is 0 Å². The molecule has 0 bridgehead atoms. The number of nitrogens with zero attached hydrogens (tertiary/aromatic N) is 2. The largest absolute Gasteiger partial charge is 0.467 e. The maximum absolute atomic E-state index is 13.3. The lowest BCUT2D eigenvalue weighted by Crippen LogP contribution is -2.43. The molecule has 0 aliphatic carbocycles. The number of H-pyrrole nitrogens is 1. The van der Waals surface area contributed by atoms with E-state index in [1.807, 2.05) is 18.2 Å². The second-order valence-electron chi connectivity index (χ2n) is 8.72. The van der Waals surface area contributed by atoms with Crippen LogP contribution in [0, 0.1) is 11.3 Å². The summed E-state index contributed by atoms with van der Waals surface area (Å²) in [6.07, 6.45) is 3.47. The van der Waals surface area contributed by atoms with Gasteiger partial charge in [-0.05, 0) is 35.9 Å². The first kappa shape index (κ1) is 26.5. The molecule has 194 valence electrons. The topological polar surface area (TPSA) is 108 Å². The van der Waals surface area contributed by atoms with E-state index in [2.05, 4.69) is 21.4 Å². The fourth-order valence-corrected chi connectivity index (χ4v) is 5.53. The van der Waals surface area contributed by atoms with Crippen molar-refractivity contribution < 1.29 is 14.3 Å². The first-order valence-electron chi connectivity index (χ1n) is 11.7. The van der Waals surface area contributed by atoms with Gasteiger partial charge < -0.3 is 15.0 Å². The minimum atomic E-state index is -1.04. The molecule has 0 radical (unpaired) electrons. The zero-order valence-electron chi connectivity index (χ0n) is 20.4. The average molecular weight is 578 g/mol. The van der Waals surface area contributed by atoms with Crippen molar-refractivity contribution in [2.45, 2.75) is 12.5 Å². The van der Waals surface area contributed by atoms with Crippen molar-refractivity contribution in [3.8, 4) is 17.2 Å². The van der Waals surface area contributed by atoms with Crippen LogP contribution < -0.4 is 5.32 Å². The summed E-state index contributed by atoms with van der Waals surface area (Å²) in [5.41, 5.74) is 4.09. The normalized spacial score (nSPS) is 11.8. The number of aromatic nitrogens is 2. The van der Waals surface area contributed by atoms with Gasteiger partial charge in [0.15, 0.2) is 0 Å². The van der Waals surface area contributed by atoms with Gasteiger partial charge in [-0.15, -0.1) is 0 Å². The van der Waals surface area contributed by atoms with Gasteiger partial charge in [0.1, 0.15) is 6.04 Å². The van der Waals surface area contributed by atoms with Gasteiger partial charge in [-0.1, -0.05) is 59.1 Å². The summed E-state index contributed by atoms with van der Waals surface area (Å²) in [6, 6.07) is 16.8. The molecule has 10 heteroatoms.